The van der Waals surface area contributed by atoms with E-state index in [-0.39, 0.29) is 22.5 Å². The summed E-state index contributed by atoms with van der Waals surface area (Å²) in [5.41, 5.74) is 0. The molecule has 3 rings (SSSR count). The summed E-state index contributed by atoms with van der Waals surface area (Å²) in [5, 5.41) is 0.183. The van der Waals surface area contributed by atoms with Crippen LogP contribution in [-0.4, -0.2) is 41.9 Å². The van der Waals surface area contributed by atoms with Crippen LogP contribution in [0.5, 0.6) is 6.01 Å². The second kappa shape index (κ2) is 7.00. The molecule has 1 atom stereocenters. The molecule has 2 heterocycles. The smallest absolute Gasteiger partial charge is 0.316 e. The number of benzene rings is 1. The quantitative estimate of drug-likeness (QED) is 0.825. The van der Waals surface area contributed by atoms with Gasteiger partial charge in [-0.15, -0.1) is 0 Å². The van der Waals surface area contributed by atoms with Gasteiger partial charge < -0.3 is 4.74 Å². The molecular formula is C15H15ClFN3O3S. The van der Waals surface area contributed by atoms with Crippen molar-refractivity contribution in [2.45, 2.75) is 23.8 Å². The highest BCUT2D eigenvalue weighted by Crippen LogP contribution is 2.27. The third kappa shape index (κ3) is 3.66. The normalized spacial score (nSPS) is 19.2. The average Bonchev–Trinajstić information content (AvgIpc) is 2.57. The fraction of sp³-hybridized carbons (Fsp3) is 0.333. The third-order valence-electron chi connectivity index (χ3n) is 3.66. The SMILES string of the molecule is O=S(=O)(c1ccccc1Cl)N1CCCC(Oc2ncc(F)cn2)C1. The van der Waals surface area contributed by atoms with Gasteiger partial charge in [-0.3, -0.25) is 0 Å². The van der Waals surface area contributed by atoms with Gasteiger partial charge >= 0.3 is 6.01 Å². The van der Waals surface area contributed by atoms with E-state index in [4.69, 9.17) is 16.3 Å². The first-order valence-electron chi connectivity index (χ1n) is 7.36. The van der Waals surface area contributed by atoms with Crippen LogP contribution in [0.4, 0.5) is 4.39 Å². The molecule has 0 bridgehead atoms. The van der Waals surface area contributed by atoms with Crippen molar-refractivity contribution in [3.63, 3.8) is 0 Å². The zero-order valence-corrected chi connectivity index (χ0v) is 14.2. The predicted molar refractivity (Wildman–Crippen MR) is 85.9 cm³/mol. The number of nitrogens with zero attached hydrogens (tertiary/aromatic N) is 3. The molecule has 1 aromatic carbocycles. The molecule has 1 aromatic heterocycles. The highest BCUT2D eigenvalue weighted by atomic mass is 35.5. The average molecular weight is 372 g/mol. The van der Waals surface area contributed by atoms with E-state index < -0.39 is 21.9 Å². The minimum atomic E-state index is -3.70. The van der Waals surface area contributed by atoms with Gasteiger partial charge in [0.1, 0.15) is 11.0 Å². The van der Waals surface area contributed by atoms with Gasteiger partial charge in [0, 0.05) is 6.54 Å². The fourth-order valence-electron chi connectivity index (χ4n) is 2.52. The number of rotatable bonds is 4. The van der Waals surface area contributed by atoms with Gasteiger partial charge in [0.25, 0.3) is 0 Å². The Labute approximate surface area is 144 Å². The maximum Gasteiger partial charge on any atom is 0.316 e. The molecule has 128 valence electrons. The van der Waals surface area contributed by atoms with Crippen molar-refractivity contribution in [1.29, 1.82) is 0 Å². The third-order valence-corrected chi connectivity index (χ3v) is 6.03. The van der Waals surface area contributed by atoms with Crippen LogP contribution in [0.3, 0.4) is 0 Å². The number of hydrogen-bond acceptors (Lipinski definition) is 5. The minimum absolute atomic E-state index is 0.0263. The van der Waals surface area contributed by atoms with Crippen molar-refractivity contribution in [1.82, 2.24) is 14.3 Å². The van der Waals surface area contributed by atoms with Crippen LogP contribution in [-0.2, 0) is 10.0 Å². The second-order valence-electron chi connectivity index (χ2n) is 5.36. The Kier molecular flexibility index (Phi) is 4.98. The number of sulfonamides is 1. The first-order chi connectivity index (χ1) is 11.5. The molecule has 1 aliphatic heterocycles. The Hall–Kier alpha value is -1.77. The highest BCUT2D eigenvalue weighted by molar-refractivity contribution is 7.89. The summed E-state index contributed by atoms with van der Waals surface area (Å²) in [5.74, 6) is -0.561. The molecule has 9 heteroatoms. The van der Waals surface area contributed by atoms with E-state index in [1.807, 2.05) is 0 Å². The van der Waals surface area contributed by atoms with E-state index >= 15 is 0 Å². The summed E-state index contributed by atoms with van der Waals surface area (Å²) in [6.45, 7) is 0.548. The van der Waals surface area contributed by atoms with Crippen molar-refractivity contribution in [3.05, 3.63) is 47.5 Å². The summed E-state index contributed by atoms with van der Waals surface area (Å²) in [6.07, 6.45) is 2.90. The molecule has 0 N–H and O–H groups in total. The summed E-state index contributed by atoms with van der Waals surface area (Å²) in [4.78, 5) is 7.54. The van der Waals surface area contributed by atoms with E-state index in [0.717, 1.165) is 12.4 Å². The first kappa shape index (κ1) is 17.1. The van der Waals surface area contributed by atoms with Crippen molar-refractivity contribution < 1.29 is 17.5 Å². The number of hydrogen-bond donors (Lipinski definition) is 0. The molecular weight excluding hydrogens is 357 g/mol. The van der Waals surface area contributed by atoms with Gasteiger partial charge in [-0.2, -0.15) is 4.31 Å². The van der Waals surface area contributed by atoms with Gasteiger partial charge in [-0.1, -0.05) is 23.7 Å². The molecule has 1 saturated heterocycles. The number of ether oxygens (including phenoxy) is 1. The van der Waals surface area contributed by atoms with Gasteiger partial charge in [0.05, 0.1) is 24.0 Å². The van der Waals surface area contributed by atoms with Crippen molar-refractivity contribution in [2.24, 2.45) is 0 Å². The van der Waals surface area contributed by atoms with Crippen LogP contribution in [0.15, 0.2) is 41.6 Å². The van der Waals surface area contributed by atoms with Crippen LogP contribution in [0.25, 0.3) is 0 Å². The van der Waals surface area contributed by atoms with Crippen LogP contribution in [0.2, 0.25) is 5.02 Å². The van der Waals surface area contributed by atoms with E-state index in [1.165, 1.54) is 10.4 Å². The minimum Gasteiger partial charge on any atom is -0.459 e. The molecule has 2 aromatic rings. The first-order valence-corrected chi connectivity index (χ1v) is 9.17. The molecule has 24 heavy (non-hydrogen) atoms. The molecule has 0 aliphatic carbocycles. The molecule has 1 aliphatic rings. The molecule has 0 amide bonds. The molecule has 0 spiro atoms. The second-order valence-corrected chi connectivity index (χ2v) is 7.67. The van der Waals surface area contributed by atoms with Gasteiger partial charge in [-0.25, -0.2) is 22.8 Å². The van der Waals surface area contributed by atoms with E-state index in [9.17, 15) is 12.8 Å². The largest absolute Gasteiger partial charge is 0.459 e. The zero-order valence-electron chi connectivity index (χ0n) is 12.6. The molecule has 0 saturated carbocycles. The fourth-order valence-corrected chi connectivity index (χ4v) is 4.53. The van der Waals surface area contributed by atoms with Crippen LogP contribution in [0, 0.1) is 5.82 Å². The summed E-state index contributed by atoms with van der Waals surface area (Å²) in [6, 6.07) is 6.35. The lowest BCUT2D eigenvalue weighted by atomic mass is 10.1. The van der Waals surface area contributed by atoms with Crippen molar-refractivity contribution in [3.8, 4) is 6.01 Å². The Morgan fingerprint density at radius 1 is 1.25 bits per heavy atom. The van der Waals surface area contributed by atoms with E-state index in [2.05, 4.69) is 9.97 Å². The maximum atomic E-state index is 12.8. The topological polar surface area (TPSA) is 72.4 Å². The summed E-state index contributed by atoms with van der Waals surface area (Å²) < 4.78 is 45.3. The van der Waals surface area contributed by atoms with Crippen molar-refractivity contribution in [2.75, 3.05) is 13.1 Å². The lowest BCUT2D eigenvalue weighted by molar-refractivity contribution is 0.119. The lowest BCUT2D eigenvalue weighted by Gasteiger charge is -2.31. The van der Waals surface area contributed by atoms with Crippen LogP contribution in [0.1, 0.15) is 12.8 Å². The van der Waals surface area contributed by atoms with Crippen LogP contribution >= 0.6 is 11.6 Å². The van der Waals surface area contributed by atoms with Crippen molar-refractivity contribution >= 4 is 21.6 Å². The molecule has 0 radical (unpaired) electrons. The molecule has 1 unspecified atom stereocenters. The number of aromatic nitrogens is 2. The monoisotopic (exact) mass is 371 g/mol. The summed E-state index contributed by atoms with van der Waals surface area (Å²) in [7, 11) is -3.70. The Morgan fingerprint density at radius 3 is 2.67 bits per heavy atom. The Bertz CT molecular complexity index is 817. The predicted octanol–water partition coefficient (Wildman–Crippen LogP) is 2.50. The Morgan fingerprint density at radius 2 is 1.96 bits per heavy atom. The lowest BCUT2D eigenvalue weighted by Crippen LogP contribution is -2.44. The van der Waals surface area contributed by atoms with Gasteiger partial charge in [-0.05, 0) is 25.0 Å². The Balaban J connectivity index is 1.75. The van der Waals surface area contributed by atoms with Gasteiger partial charge in [0.15, 0.2) is 5.82 Å². The van der Waals surface area contributed by atoms with Gasteiger partial charge in [0.2, 0.25) is 10.0 Å². The molecule has 1 fully saturated rings. The highest BCUT2D eigenvalue weighted by Gasteiger charge is 2.32. The van der Waals surface area contributed by atoms with Crippen LogP contribution < -0.4 is 4.74 Å². The zero-order chi connectivity index (χ0) is 17.2. The molecule has 6 nitrogen and oxygen atoms in total. The number of halogens is 2. The maximum absolute atomic E-state index is 12.8. The standard InChI is InChI=1S/C15H15ClFN3O3S/c16-13-5-1-2-6-14(13)24(21,22)20-7-3-4-12(10-20)23-15-18-8-11(17)9-19-15/h1-2,5-6,8-9,12H,3-4,7,10H2. The number of piperidine rings is 1. The van der Waals surface area contributed by atoms with E-state index in [0.29, 0.717) is 19.4 Å². The van der Waals surface area contributed by atoms with E-state index in [1.54, 1.807) is 18.2 Å². The summed E-state index contributed by atoms with van der Waals surface area (Å²) >= 11 is 6.02.